The van der Waals surface area contributed by atoms with Gasteiger partial charge < -0.3 is 27.3 Å². The van der Waals surface area contributed by atoms with Crippen LogP contribution in [0.1, 0.15) is 0 Å². The predicted molar refractivity (Wildman–Crippen MR) is 29.1 cm³/mol. The van der Waals surface area contributed by atoms with Crippen molar-refractivity contribution in [1.82, 2.24) is 0 Å². The normalized spacial score (nSPS) is 7.50. The van der Waals surface area contributed by atoms with Crippen molar-refractivity contribution < 1.29 is 79.5 Å². The van der Waals surface area contributed by atoms with Gasteiger partial charge >= 0.3 is 0 Å². The summed E-state index contributed by atoms with van der Waals surface area (Å²) in [4.78, 5) is 0. The Hall–Kier alpha value is 1.48. The molecule has 0 saturated carbocycles. The molecule has 0 aromatic rings. The Morgan fingerprint density at radius 3 is 0.500 bits per heavy atom. The van der Waals surface area contributed by atoms with Crippen LogP contribution in [0.3, 0.4) is 0 Å². The van der Waals surface area contributed by atoms with Crippen molar-refractivity contribution >= 4 is 34.1 Å². The van der Waals surface area contributed by atoms with Gasteiger partial charge in [0.25, 0.3) is 0 Å². The Morgan fingerprint density at radius 1 is 0.500 bits per heavy atom. The maximum absolute atomic E-state index is 8.44. The first-order chi connectivity index (χ1) is 5.20. The Labute approximate surface area is 113 Å². The molecule has 0 amide bonds. The minimum atomic E-state index is -3.11. The fourth-order valence-corrected chi connectivity index (χ4v) is 0. The SMILES string of the molecule is O=S([O-])[O-].O=S([O-])[O-].O=S([O-])[O-].[Os].[Os]. The van der Waals surface area contributed by atoms with Crippen molar-refractivity contribution in [3.05, 3.63) is 0 Å². The average molecular weight is 621 g/mol. The van der Waals surface area contributed by atoms with Crippen LogP contribution in [0.5, 0.6) is 0 Å². The number of hydrogen-bond acceptors (Lipinski definition) is 9. The third kappa shape index (κ3) is 956. The Balaban J connectivity index is -0.0000000270. The topological polar surface area (TPSA) is 190 Å². The summed E-state index contributed by atoms with van der Waals surface area (Å²) in [6.45, 7) is 0. The molecule has 0 heterocycles. The quantitative estimate of drug-likeness (QED) is 0.254. The van der Waals surface area contributed by atoms with Gasteiger partial charge in [0.05, 0.1) is 0 Å². The zero-order valence-electron chi connectivity index (χ0n) is 5.61. The van der Waals surface area contributed by atoms with E-state index in [-0.39, 0.29) is 39.6 Å². The van der Waals surface area contributed by atoms with E-state index in [1.54, 1.807) is 0 Å². The maximum Gasteiger partial charge on any atom is 0 e. The van der Waals surface area contributed by atoms with Gasteiger partial charge in [0.2, 0.25) is 0 Å². The summed E-state index contributed by atoms with van der Waals surface area (Å²) in [5.74, 6) is 0. The van der Waals surface area contributed by atoms with Gasteiger partial charge in [0, 0.05) is 39.6 Å². The second-order valence-corrected chi connectivity index (χ2v) is 1.84. The van der Waals surface area contributed by atoms with Crippen molar-refractivity contribution in [2.24, 2.45) is 0 Å². The van der Waals surface area contributed by atoms with E-state index in [9.17, 15) is 0 Å². The average Bonchev–Trinajstić information content (AvgIpc) is 1.54. The molecule has 0 aliphatic rings. The number of hydrogen-bond donors (Lipinski definition) is 0. The van der Waals surface area contributed by atoms with Crippen LogP contribution in [0, 0.1) is 0 Å². The van der Waals surface area contributed by atoms with E-state index in [4.69, 9.17) is 39.9 Å². The van der Waals surface area contributed by atoms with Crippen molar-refractivity contribution in [1.29, 1.82) is 0 Å². The Morgan fingerprint density at radius 2 is 0.500 bits per heavy atom. The molecule has 0 N–H and O–H groups in total. The third-order valence-corrected chi connectivity index (χ3v) is 0. The van der Waals surface area contributed by atoms with Crippen LogP contribution in [-0.4, -0.2) is 39.9 Å². The van der Waals surface area contributed by atoms with Crippen LogP contribution in [0.2, 0.25) is 0 Å². The molecule has 0 spiro atoms. The summed E-state index contributed by atoms with van der Waals surface area (Å²) in [5, 5.41) is 0. The molecule has 0 aliphatic heterocycles. The van der Waals surface area contributed by atoms with Gasteiger partial charge in [-0.1, -0.05) is 0 Å². The molecule has 9 nitrogen and oxygen atoms in total. The molecule has 0 bridgehead atoms. The first kappa shape index (κ1) is 29.6. The van der Waals surface area contributed by atoms with Crippen LogP contribution < -0.4 is 0 Å². The van der Waals surface area contributed by atoms with Crippen molar-refractivity contribution in [2.45, 2.75) is 0 Å². The summed E-state index contributed by atoms with van der Waals surface area (Å²) in [7, 11) is 0. The summed E-state index contributed by atoms with van der Waals surface area (Å²) in [6, 6.07) is 0. The molecule has 0 aromatic carbocycles. The number of rotatable bonds is 0. The van der Waals surface area contributed by atoms with E-state index in [1.807, 2.05) is 0 Å². The van der Waals surface area contributed by atoms with Crippen LogP contribution in [0.15, 0.2) is 0 Å². The second kappa shape index (κ2) is 24.0. The largest absolute Gasteiger partial charge is 0.784 e. The van der Waals surface area contributed by atoms with Crippen LogP contribution in [-0.2, 0) is 73.7 Å². The summed E-state index contributed by atoms with van der Waals surface area (Å²) in [6.07, 6.45) is 0. The molecule has 14 heavy (non-hydrogen) atoms. The zero-order valence-corrected chi connectivity index (χ0v) is 13.1. The summed E-state index contributed by atoms with van der Waals surface area (Å²) >= 11 is -9.33. The van der Waals surface area contributed by atoms with Gasteiger partial charge in [0.1, 0.15) is 0 Å². The van der Waals surface area contributed by atoms with Crippen LogP contribution in [0.25, 0.3) is 0 Å². The maximum atomic E-state index is 8.44. The minimum absolute atomic E-state index is 0. The first-order valence-corrected chi connectivity index (χ1v) is 4.50. The van der Waals surface area contributed by atoms with Crippen molar-refractivity contribution in [3.8, 4) is 0 Å². The predicted octanol–water partition coefficient (Wildman–Crippen LogP) is -3.02. The van der Waals surface area contributed by atoms with E-state index < -0.39 is 34.1 Å². The van der Waals surface area contributed by atoms with E-state index in [2.05, 4.69) is 0 Å². The Kier molecular flexibility index (Phi) is 50.6. The fraction of sp³-hybridized carbons (Fsp3) is 0. The molecule has 0 saturated heterocycles. The third-order valence-electron chi connectivity index (χ3n) is 0. The van der Waals surface area contributed by atoms with Gasteiger partial charge in [-0.05, 0) is 0 Å². The first-order valence-electron chi connectivity index (χ1n) is 1.50. The van der Waals surface area contributed by atoms with Gasteiger partial charge in [0.15, 0.2) is 0 Å². The molecule has 14 heteroatoms. The van der Waals surface area contributed by atoms with Crippen LogP contribution >= 0.6 is 0 Å². The van der Waals surface area contributed by atoms with E-state index >= 15 is 0 Å². The van der Waals surface area contributed by atoms with E-state index in [0.717, 1.165) is 0 Å². The van der Waals surface area contributed by atoms with Gasteiger partial charge in [-0.3, -0.25) is 12.6 Å². The van der Waals surface area contributed by atoms with E-state index in [1.165, 1.54) is 0 Å². The van der Waals surface area contributed by atoms with E-state index in [0.29, 0.717) is 0 Å². The monoisotopic (exact) mass is 624 g/mol. The summed E-state index contributed by atoms with van der Waals surface area (Å²) < 4.78 is 76.0. The van der Waals surface area contributed by atoms with Crippen molar-refractivity contribution in [3.63, 3.8) is 0 Å². The van der Waals surface area contributed by atoms with Crippen LogP contribution in [0.4, 0.5) is 0 Å². The Bertz CT molecular complexity index is 116. The molecular weight excluding hydrogens is 621 g/mol. The zero-order chi connectivity index (χ0) is 10.7. The molecule has 0 aliphatic carbocycles. The standard InChI is InChI=1S/3H2O3S.2Os/c3*1-4(2)3;;/h3*(H2,1,2,3);;/p-6. The fourth-order valence-electron chi connectivity index (χ4n) is 0. The molecule has 0 atom stereocenters. The summed E-state index contributed by atoms with van der Waals surface area (Å²) in [5.41, 5.74) is 0. The molecule has 0 radical (unpaired) electrons. The molecule has 0 fully saturated rings. The molecular formula is O9Os2S3-6. The minimum Gasteiger partial charge on any atom is -0.784 e. The van der Waals surface area contributed by atoms with Gasteiger partial charge in [-0.15, -0.1) is 34.1 Å². The smallest absolute Gasteiger partial charge is 0 e. The molecule has 0 rings (SSSR count). The van der Waals surface area contributed by atoms with Gasteiger partial charge in [-0.25, -0.2) is 0 Å². The molecule has 0 aromatic heterocycles. The van der Waals surface area contributed by atoms with Crippen molar-refractivity contribution in [2.75, 3.05) is 0 Å². The molecule has 0 unspecified atom stereocenters. The molecule has 94 valence electrons. The second-order valence-electron chi connectivity index (χ2n) is 0.612. The van der Waals surface area contributed by atoms with Gasteiger partial charge in [-0.2, -0.15) is 0 Å².